The van der Waals surface area contributed by atoms with Crippen LogP contribution in [-0.2, 0) is 19.6 Å². The minimum absolute atomic E-state index is 0.0668. The summed E-state index contributed by atoms with van der Waals surface area (Å²) in [6.07, 6.45) is 4.21. The SMILES string of the molecule is O=C(NC1[C@@H]2CC3C[C@H]1CC(O)(C3)C2)ON1CCN(c2ccc(N3CCN(S(=O)(=O)CCN4CCOCC4)CC3)cc2)c2ccccc21. The minimum Gasteiger partial charge on any atom is -0.390 e. The molecule has 2 N–H and O–H groups in total. The van der Waals surface area contributed by atoms with Crippen molar-refractivity contribution in [2.45, 2.75) is 43.7 Å². The highest BCUT2D eigenvalue weighted by atomic mass is 32.2. The van der Waals surface area contributed by atoms with Gasteiger partial charge < -0.3 is 29.8 Å². The molecular formula is C35H48N6O6S. The number of para-hydroxylation sites is 2. The molecule has 0 radical (unpaired) electrons. The fourth-order valence-electron chi connectivity index (χ4n) is 9.44. The second kappa shape index (κ2) is 13.0. The van der Waals surface area contributed by atoms with Crippen LogP contribution in [0.2, 0.25) is 0 Å². The van der Waals surface area contributed by atoms with Crippen molar-refractivity contribution in [1.29, 1.82) is 0 Å². The van der Waals surface area contributed by atoms with Gasteiger partial charge in [0.15, 0.2) is 0 Å². The monoisotopic (exact) mass is 680 g/mol. The Hall–Kier alpha value is -3.10. The van der Waals surface area contributed by atoms with Gasteiger partial charge in [0.05, 0.1) is 42.5 Å². The van der Waals surface area contributed by atoms with Gasteiger partial charge in [-0.05, 0) is 86.3 Å². The number of hydrogen-bond donors (Lipinski definition) is 2. The normalized spacial score (nSPS) is 30.7. The average molecular weight is 681 g/mol. The van der Waals surface area contributed by atoms with Crippen LogP contribution in [0, 0.1) is 17.8 Å². The van der Waals surface area contributed by atoms with Gasteiger partial charge in [0, 0.05) is 69.8 Å². The quantitative estimate of drug-likeness (QED) is 0.431. The topological polar surface area (TPSA) is 118 Å². The molecule has 2 saturated heterocycles. The van der Waals surface area contributed by atoms with E-state index in [0.717, 1.165) is 67.9 Å². The van der Waals surface area contributed by atoms with Gasteiger partial charge in [-0.25, -0.2) is 18.3 Å². The summed E-state index contributed by atoms with van der Waals surface area (Å²) in [5.41, 5.74) is 3.40. The van der Waals surface area contributed by atoms with Crippen LogP contribution in [0.25, 0.3) is 0 Å². The molecule has 13 heteroatoms. The standard InChI is InChI=1S/C35H48N6O6S/c42-34(36-33-27-21-26-22-28(33)25-35(43,23-26)24-27)47-41-14-13-40(31-3-1-2-4-32(31)41)30-7-5-29(6-8-30)38-9-11-39(12-10-38)48(44,45)20-17-37-15-18-46-19-16-37/h1-8,26-28,33,43H,9-25H2,(H,36,42)/t26?,27-,28+,33?,35?. The van der Waals surface area contributed by atoms with E-state index in [0.29, 0.717) is 76.8 Å². The molecule has 2 aromatic rings. The number of morpholine rings is 1. The van der Waals surface area contributed by atoms with Gasteiger partial charge in [0.1, 0.15) is 0 Å². The maximum absolute atomic E-state index is 13.2. The third kappa shape index (κ3) is 6.47. The Morgan fingerprint density at radius 3 is 2.21 bits per heavy atom. The number of amides is 1. The van der Waals surface area contributed by atoms with Crippen molar-refractivity contribution in [3.63, 3.8) is 0 Å². The highest BCUT2D eigenvalue weighted by Crippen LogP contribution is 2.55. The summed E-state index contributed by atoms with van der Waals surface area (Å²) < 4.78 is 33.1. The van der Waals surface area contributed by atoms with Crippen LogP contribution in [-0.4, -0.2) is 118 Å². The van der Waals surface area contributed by atoms with Crippen molar-refractivity contribution in [2.75, 3.05) is 92.7 Å². The number of ether oxygens (including phenoxy) is 1. The van der Waals surface area contributed by atoms with E-state index in [2.05, 4.69) is 44.3 Å². The number of hydrogen-bond acceptors (Lipinski definition) is 10. The molecule has 1 amide bonds. The fraction of sp³-hybridized carbons (Fsp3) is 0.629. The van der Waals surface area contributed by atoms with Gasteiger partial charge in [-0.1, -0.05) is 12.1 Å². The summed E-state index contributed by atoms with van der Waals surface area (Å²) >= 11 is 0. The van der Waals surface area contributed by atoms with Gasteiger partial charge in [-0.15, -0.1) is 0 Å². The molecule has 3 aliphatic heterocycles. The van der Waals surface area contributed by atoms with Crippen molar-refractivity contribution in [3.8, 4) is 0 Å². The van der Waals surface area contributed by atoms with Crippen molar-refractivity contribution >= 4 is 38.9 Å². The van der Waals surface area contributed by atoms with Crippen LogP contribution in [0.3, 0.4) is 0 Å². The van der Waals surface area contributed by atoms with E-state index in [1.165, 1.54) is 0 Å². The van der Waals surface area contributed by atoms with Crippen LogP contribution in [0.4, 0.5) is 27.5 Å². The lowest BCUT2D eigenvalue weighted by Gasteiger charge is -2.57. The second-order valence-electron chi connectivity index (χ2n) is 14.7. The maximum atomic E-state index is 13.2. The van der Waals surface area contributed by atoms with Gasteiger partial charge in [-0.2, -0.15) is 4.31 Å². The van der Waals surface area contributed by atoms with E-state index in [-0.39, 0.29) is 11.8 Å². The number of rotatable bonds is 8. The lowest BCUT2D eigenvalue weighted by atomic mass is 9.52. The minimum atomic E-state index is -3.30. The molecule has 5 atom stereocenters. The molecular weight excluding hydrogens is 632 g/mol. The molecule has 260 valence electrons. The smallest absolute Gasteiger partial charge is 0.390 e. The maximum Gasteiger partial charge on any atom is 0.431 e. The highest BCUT2D eigenvalue weighted by molar-refractivity contribution is 7.89. The van der Waals surface area contributed by atoms with Gasteiger partial charge in [0.2, 0.25) is 10.0 Å². The van der Waals surface area contributed by atoms with E-state index in [4.69, 9.17) is 9.57 Å². The Kier molecular flexibility index (Phi) is 8.69. The molecule has 4 saturated carbocycles. The number of aliphatic hydroxyl groups is 1. The molecule has 4 bridgehead atoms. The van der Waals surface area contributed by atoms with Crippen molar-refractivity contribution in [2.24, 2.45) is 17.8 Å². The van der Waals surface area contributed by atoms with Gasteiger partial charge >= 0.3 is 6.09 Å². The van der Waals surface area contributed by atoms with Crippen LogP contribution in [0.15, 0.2) is 48.5 Å². The number of anilines is 4. The number of carbonyl (C=O) groups is 1. The molecule has 12 nitrogen and oxygen atoms in total. The molecule has 3 heterocycles. The van der Waals surface area contributed by atoms with E-state index < -0.39 is 21.7 Å². The third-order valence-corrected chi connectivity index (χ3v) is 13.5. The summed E-state index contributed by atoms with van der Waals surface area (Å²) in [4.78, 5) is 25.8. The first-order valence-electron chi connectivity index (χ1n) is 17.7. The van der Waals surface area contributed by atoms with E-state index in [1.807, 2.05) is 24.3 Å². The molecule has 4 aliphatic carbocycles. The number of hydroxylamine groups is 1. The van der Waals surface area contributed by atoms with Crippen LogP contribution >= 0.6 is 0 Å². The first-order valence-corrected chi connectivity index (χ1v) is 19.3. The number of benzene rings is 2. The number of sulfonamides is 1. The summed E-state index contributed by atoms with van der Waals surface area (Å²) in [6, 6.07) is 16.5. The molecule has 6 fully saturated rings. The van der Waals surface area contributed by atoms with Gasteiger partial charge in [0.25, 0.3) is 0 Å². The zero-order valence-corrected chi connectivity index (χ0v) is 28.4. The van der Waals surface area contributed by atoms with E-state index >= 15 is 0 Å². The molecule has 48 heavy (non-hydrogen) atoms. The molecule has 2 aromatic carbocycles. The highest BCUT2D eigenvalue weighted by Gasteiger charge is 2.55. The van der Waals surface area contributed by atoms with Crippen molar-refractivity contribution in [1.82, 2.24) is 14.5 Å². The summed E-state index contributed by atoms with van der Waals surface area (Å²) in [5.74, 6) is 1.38. The van der Waals surface area contributed by atoms with Crippen molar-refractivity contribution in [3.05, 3.63) is 48.5 Å². The Labute approximate surface area is 283 Å². The Morgan fingerprint density at radius 2 is 1.52 bits per heavy atom. The molecule has 7 aliphatic rings. The number of piperazine rings is 1. The third-order valence-electron chi connectivity index (χ3n) is 11.6. The Balaban J connectivity index is 0.866. The van der Waals surface area contributed by atoms with Crippen LogP contribution < -0.4 is 20.2 Å². The predicted molar refractivity (Wildman–Crippen MR) is 184 cm³/mol. The lowest BCUT2D eigenvalue weighted by molar-refractivity contribution is -0.137. The zero-order valence-electron chi connectivity index (χ0n) is 27.6. The first kappa shape index (κ1) is 32.1. The number of nitrogens with zero attached hydrogens (tertiary/aromatic N) is 5. The fourth-order valence-corrected chi connectivity index (χ4v) is 10.9. The molecule has 0 aromatic heterocycles. The Bertz CT molecular complexity index is 1560. The average Bonchev–Trinajstić information content (AvgIpc) is 3.09. The molecule has 3 unspecified atom stereocenters. The largest absolute Gasteiger partial charge is 0.431 e. The van der Waals surface area contributed by atoms with E-state index in [9.17, 15) is 18.3 Å². The first-order chi connectivity index (χ1) is 23.2. The molecule has 0 spiro atoms. The number of nitrogens with one attached hydrogen (secondary N) is 1. The summed E-state index contributed by atoms with van der Waals surface area (Å²) in [5, 5.41) is 15.8. The zero-order chi connectivity index (χ0) is 32.9. The van der Waals surface area contributed by atoms with Gasteiger partial charge in [-0.3, -0.25) is 4.90 Å². The predicted octanol–water partition coefficient (Wildman–Crippen LogP) is 3.01. The van der Waals surface area contributed by atoms with Crippen LogP contribution in [0.5, 0.6) is 0 Å². The number of fused-ring (bicyclic) bond motifs is 1. The van der Waals surface area contributed by atoms with Crippen molar-refractivity contribution < 1.29 is 27.9 Å². The summed E-state index contributed by atoms with van der Waals surface area (Å²) in [6.45, 7) is 6.92. The van der Waals surface area contributed by atoms with Crippen LogP contribution in [0.1, 0.15) is 32.1 Å². The molecule has 9 rings (SSSR count). The Morgan fingerprint density at radius 1 is 0.854 bits per heavy atom. The second-order valence-corrected chi connectivity index (χ2v) is 16.7. The lowest BCUT2D eigenvalue weighted by Crippen LogP contribution is -2.62. The number of carbonyl (C=O) groups excluding carboxylic acids is 1. The van der Waals surface area contributed by atoms with E-state index in [1.54, 1.807) is 9.37 Å². The summed E-state index contributed by atoms with van der Waals surface area (Å²) in [7, 11) is -3.30.